The van der Waals surface area contributed by atoms with Gasteiger partial charge in [0.1, 0.15) is 5.75 Å². The second kappa shape index (κ2) is 5.53. The number of aromatic nitrogens is 1. The van der Waals surface area contributed by atoms with Gasteiger partial charge in [-0.1, -0.05) is 0 Å². The highest BCUT2D eigenvalue weighted by Gasteiger charge is 2.16. The van der Waals surface area contributed by atoms with Gasteiger partial charge in [-0.25, -0.2) is 4.98 Å². The minimum Gasteiger partial charge on any atom is -0.497 e. The van der Waals surface area contributed by atoms with Crippen LogP contribution in [0.4, 0.5) is 5.69 Å². The number of rotatable bonds is 4. The first-order valence-electron chi connectivity index (χ1n) is 6.32. The first kappa shape index (κ1) is 14.2. The standard InChI is InChI=1S/C15H10N2O4S/c1-21-11-6-7-12-13(8-11)22-15(16-12)14(18)9-2-4-10(5-3-9)17(19)20/h2-8H,1H3. The summed E-state index contributed by atoms with van der Waals surface area (Å²) >= 11 is 1.27. The van der Waals surface area contributed by atoms with E-state index in [9.17, 15) is 14.9 Å². The summed E-state index contributed by atoms with van der Waals surface area (Å²) in [7, 11) is 1.57. The minimum atomic E-state index is -0.502. The summed E-state index contributed by atoms with van der Waals surface area (Å²) in [6.45, 7) is 0. The van der Waals surface area contributed by atoms with Gasteiger partial charge in [0.2, 0.25) is 5.78 Å². The number of carbonyl (C=O) groups is 1. The molecule has 3 aromatic rings. The number of carbonyl (C=O) groups excluding carboxylic acids is 1. The van der Waals surface area contributed by atoms with E-state index in [2.05, 4.69) is 4.98 Å². The van der Waals surface area contributed by atoms with E-state index in [0.717, 1.165) is 10.2 Å². The van der Waals surface area contributed by atoms with E-state index >= 15 is 0 Å². The Morgan fingerprint density at radius 2 is 1.95 bits per heavy atom. The lowest BCUT2D eigenvalue weighted by molar-refractivity contribution is -0.384. The predicted molar refractivity (Wildman–Crippen MR) is 82.7 cm³/mol. The molecule has 0 aliphatic heterocycles. The number of fused-ring (bicyclic) bond motifs is 1. The molecule has 0 N–H and O–H groups in total. The van der Waals surface area contributed by atoms with Crippen LogP contribution in [0.5, 0.6) is 5.75 Å². The Bertz CT molecular complexity index is 871. The van der Waals surface area contributed by atoms with E-state index in [1.165, 1.54) is 35.6 Å². The summed E-state index contributed by atoms with van der Waals surface area (Å²) in [5.41, 5.74) is 1.04. The molecule has 1 heterocycles. The molecule has 1 aromatic heterocycles. The molecular weight excluding hydrogens is 304 g/mol. The zero-order valence-corrected chi connectivity index (χ0v) is 12.3. The Labute approximate surface area is 129 Å². The molecule has 3 rings (SSSR count). The van der Waals surface area contributed by atoms with Gasteiger partial charge in [-0.2, -0.15) is 0 Å². The number of benzene rings is 2. The van der Waals surface area contributed by atoms with Crippen LogP contribution in [0.2, 0.25) is 0 Å². The molecule has 6 nitrogen and oxygen atoms in total. The third-order valence-electron chi connectivity index (χ3n) is 3.13. The third-order valence-corrected chi connectivity index (χ3v) is 4.15. The normalized spacial score (nSPS) is 10.6. The monoisotopic (exact) mass is 314 g/mol. The van der Waals surface area contributed by atoms with Gasteiger partial charge in [0.15, 0.2) is 5.01 Å². The molecule has 0 bridgehead atoms. The minimum absolute atomic E-state index is 0.0504. The fourth-order valence-electron chi connectivity index (χ4n) is 1.99. The van der Waals surface area contributed by atoms with E-state index < -0.39 is 4.92 Å². The number of ketones is 1. The number of nitro groups is 1. The third kappa shape index (κ3) is 2.53. The molecule has 0 saturated heterocycles. The van der Waals surface area contributed by atoms with Crippen molar-refractivity contribution >= 4 is 33.0 Å². The fraction of sp³-hybridized carbons (Fsp3) is 0.0667. The van der Waals surface area contributed by atoms with Crippen molar-refractivity contribution in [2.75, 3.05) is 7.11 Å². The van der Waals surface area contributed by atoms with Crippen LogP contribution < -0.4 is 4.74 Å². The molecule has 0 amide bonds. The number of thiazole rings is 1. The Morgan fingerprint density at radius 1 is 1.23 bits per heavy atom. The average Bonchev–Trinajstić information content (AvgIpc) is 2.97. The van der Waals surface area contributed by atoms with Gasteiger partial charge in [-0.3, -0.25) is 14.9 Å². The average molecular weight is 314 g/mol. The Kier molecular flexibility index (Phi) is 3.56. The summed E-state index contributed by atoms with van der Waals surface area (Å²) in [4.78, 5) is 26.8. The lowest BCUT2D eigenvalue weighted by Crippen LogP contribution is -2.00. The highest BCUT2D eigenvalue weighted by atomic mass is 32.1. The van der Waals surface area contributed by atoms with Crippen LogP contribution in [0.25, 0.3) is 10.2 Å². The highest BCUT2D eigenvalue weighted by Crippen LogP contribution is 2.27. The van der Waals surface area contributed by atoms with Crippen molar-refractivity contribution in [3.63, 3.8) is 0 Å². The topological polar surface area (TPSA) is 82.3 Å². The summed E-state index contributed by atoms with van der Waals surface area (Å²) in [5.74, 6) is 0.445. The van der Waals surface area contributed by atoms with Gasteiger partial charge in [0, 0.05) is 17.7 Å². The van der Waals surface area contributed by atoms with Crippen LogP contribution in [0.15, 0.2) is 42.5 Å². The molecule has 0 spiro atoms. The van der Waals surface area contributed by atoms with E-state index in [-0.39, 0.29) is 11.5 Å². The van der Waals surface area contributed by atoms with E-state index in [0.29, 0.717) is 16.3 Å². The number of non-ortho nitro benzene ring substituents is 1. The van der Waals surface area contributed by atoms with E-state index in [1.807, 2.05) is 6.07 Å². The second-order valence-electron chi connectivity index (χ2n) is 4.49. The Hall–Kier alpha value is -2.80. The maximum atomic E-state index is 12.4. The van der Waals surface area contributed by atoms with E-state index in [4.69, 9.17) is 4.74 Å². The lowest BCUT2D eigenvalue weighted by atomic mass is 10.1. The number of methoxy groups -OCH3 is 1. The molecule has 0 unspecified atom stereocenters. The van der Waals surface area contributed by atoms with Crippen molar-refractivity contribution in [2.24, 2.45) is 0 Å². The molecule has 0 radical (unpaired) electrons. The van der Waals surface area contributed by atoms with Crippen molar-refractivity contribution in [3.05, 3.63) is 63.1 Å². The first-order chi connectivity index (χ1) is 10.6. The van der Waals surface area contributed by atoms with Gasteiger partial charge in [0.05, 0.1) is 22.2 Å². The molecule has 0 aliphatic rings. The number of hydrogen-bond donors (Lipinski definition) is 0. The molecule has 7 heteroatoms. The van der Waals surface area contributed by atoms with Crippen LogP contribution in [-0.4, -0.2) is 22.8 Å². The van der Waals surface area contributed by atoms with Gasteiger partial charge in [-0.15, -0.1) is 11.3 Å². The molecule has 0 atom stereocenters. The lowest BCUT2D eigenvalue weighted by Gasteiger charge is -1.96. The molecule has 0 aliphatic carbocycles. The maximum Gasteiger partial charge on any atom is 0.269 e. The van der Waals surface area contributed by atoms with Crippen molar-refractivity contribution in [1.29, 1.82) is 0 Å². The van der Waals surface area contributed by atoms with Crippen molar-refractivity contribution in [1.82, 2.24) is 4.98 Å². The van der Waals surface area contributed by atoms with Gasteiger partial charge < -0.3 is 4.74 Å². The summed E-state index contributed by atoms with van der Waals surface area (Å²) in [5, 5.41) is 11.0. The molecule has 22 heavy (non-hydrogen) atoms. The van der Waals surface area contributed by atoms with Gasteiger partial charge in [0.25, 0.3) is 5.69 Å². The van der Waals surface area contributed by atoms with Crippen LogP contribution >= 0.6 is 11.3 Å². The summed E-state index contributed by atoms with van der Waals surface area (Å²) < 4.78 is 5.99. The zero-order chi connectivity index (χ0) is 15.7. The molecule has 2 aromatic carbocycles. The molecular formula is C15H10N2O4S. The molecule has 0 fully saturated rings. The van der Waals surface area contributed by atoms with Crippen LogP contribution in [0.3, 0.4) is 0 Å². The quantitative estimate of drug-likeness (QED) is 0.418. The predicted octanol–water partition coefficient (Wildman–Crippen LogP) is 3.44. The van der Waals surface area contributed by atoms with E-state index in [1.54, 1.807) is 19.2 Å². The smallest absolute Gasteiger partial charge is 0.269 e. The number of nitro benzene ring substituents is 1. The van der Waals surface area contributed by atoms with Crippen molar-refractivity contribution in [3.8, 4) is 5.75 Å². The van der Waals surface area contributed by atoms with Crippen LogP contribution in [0, 0.1) is 10.1 Å². The SMILES string of the molecule is COc1ccc2nc(C(=O)c3ccc([N+](=O)[O-])cc3)sc2c1. The van der Waals surface area contributed by atoms with Gasteiger partial charge in [-0.05, 0) is 30.3 Å². The van der Waals surface area contributed by atoms with Crippen LogP contribution in [0.1, 0.15) is 15.4 Å². The second-order valence-corrected chi connectivity index (χ2v) is 5.52. The number of ether oxygens (including phenoxy) is 1. The summed E-state index contributed by atoms with van der Waals surface area (Å²) in [6, 6.07) is 10.9. The number of hydrogen-bond acceptors (Lipinski definition) is 6. The Morgan fingerprint density at radius 3 is 2.59 bits per heavy atom. The van der Waals surface area contributed by atoms with Crippen molar-refractivity contribution < 1.29 is 14.5 Å². The first-order valence-corrected chi connectivity index (χ1v) is 7.14. The highest BCUT2D eigenvalue weighted by molar-refractivity contribution is 7.20. The molecule has 110 valence electrons. The number of nitrogens with zero attached hydrogens (tertiary/aromatic N) is 2. The van der Waals surface area contributed by atoms with Crippen molar-refractivity contribution in [2.45, 2.75) is 0 Å². The zero-order valence-electron chi connectivity index (χ0n) is 11.5. The Balaban J connectivity index is 1.95. The summed E-state index contributed by atoms with van der Waals surface area (Å²) in [6.07, 6.45) is 0. The van der Waals surface area contributed by atoms with Crippen LogP contribution in [-0.2, 0) is 0 Å². The maximum absolute atomic E-state index is 12.4. The van der Waals surface area contributed by atoms with Gasteiger partial charge >= 0.3 is 0 Å². The fourth-order valence-corrected chi connectivity index (χ4v) is 2.94. The largest absolute Gasteiger partial charge is 0.497 e. The molecule has 0 saturated carbocycles.